The minimum atomic E-state index is -0.845. The zero-order valence-corrected chi connectivity index (χ0v) is 12.0. The second kappa shape index (κ2) is 5.86. The number of rotatable bonds is 3. The smallest absolute Gasteiger partial charge is 0.339 e. The van der Waals surface area contributed by atoms with Crippen LogP contribution >= 0.6 is 15.9 Å². The molecule has 98 valence electrons. The third-order valence-electron chi connectivity index (χ3n) is 2.53. The lowest BCUT2D eigenvalue weighted by atomic mass is 10.1. The number of benzene rings is 1. The summed E-state index contributed by atoms with van der Waals surface area (Å²) in [6.45, 7) is 3.23. The molecule has 0 saturated heterocycles. The first-order valence-corrected chi connectivity index (χ1v) is 6.14. The Morgan fingerprint density at radius 3 is 2.61 bits per heavy atom. The molecule has 1 aromatic carbocycles. The normalized spacial score (nSPS) is 11.8. The standard InChI is InChI=1S/C12H15BrN2O3/c1-6-9(4-8(13)5-10(6)14)12(17)18-7(2)11(16)15-3/h4-5,7H,14H2,1-3H3,(H,15,16). The fraction of sp³-hybridized carbons (Fsp3) is 0.333. The van der Waals surface area contributed by atoms with Crippen LogP contribution in [0.15, 0.2) is 16.6 Å². The summed E-state index contributed by atoms with van der Waals surface area (Å²) in [5, 5.41) is 2.41. The molecule has 0 fully saturated rings. The minimum Gasteiger partial charge on any atom is -0.449 e. The van der Waals surface area contributed by atoms with Crippen molar-refractivity contribution >= 4 is 33.5 Å². The molecule has 0 heterocycles. The van der Waals surface area contributed by atoms with E-state index in [1.807, 2.05) is 0 Å². The highest BCUT2D eigenvalue weighted by Gasteiger charge is 2.20. The number of amides is 1. The third-order valence-corrected chi connectivity index (χ3v) is 2.99. The molecule has 1 amide bonds. The summed E-state index contributed by atoms with van der Waals surface area (Å²) in [6.07, 6.45) is -0.845. The number of carbonyl (C=O) groups excluding carboxylic acids is 2. The van der Waals surface area contributed by atoms with E-state index in [4.69, 9.17) is 10.5 Å². The number of nitrogen functional groups attached to an aromatic ring is 1. The Bertz CT molecular complexity index is 488. The summed E-state index contributed by atoms with van der Waals surface area (Å²) >= 11 is 3.26. The third kappa shape index (κ3) is 3.22. The molecule has 18 heavy (non-hydrogen) atoms. The highest BCUT2D eigenvalue weighted by molar-refractivity contribution is 9.10. The molecule has 0 radical (unpaired) electrons. The molecule has 0 bridgehead atoms. The van der Waals surface area contributed by atoms with Gasteiger partial charge in [-0.3, -0.25) is 4.79 Å². The minimum absolute atomic E-state index is 0.345. The lowest BCUT2D eigenvalue weighted by Crippen LogP contribution is -2.33. The number of ether oxygens (including phenoxy) is 1. The summed E-state index contributed by atoms with van der Waals surface area (Å²) in [4.78, 5) is 23.2. The number of carbonyl (C=O) groups is 2. The topological polar surface area (TPSA) is 81.4 Å². The van der Waals surface area contributed by atoms with E-state index in [0.717, 1.165) is 0 Å². The number of likely N-dealkylation sites (N-methyl/N-ethyl adjacent to an activating group) is 1. The van der Waals surface area contributed by atoms with Gasteiger partial charge in [-0.2, -0.15) is 0 Å². The van der Waals surface area contributed by atoms with Crippen LogP contribution in [0.25, 0.3) is 0 Å². The number of nitrogens with two attached hydrogens (primary N) is 1. The first kappa shape index (κ1) is 14.5. The van der Waals surface area contributed by atoms with Crippen molar-refractivity contribution in [3.8, 4) is 0 Å². The van der Waals surface area contributed by atoms with E-state index in [9.17, 15) is 9.59 Å². The number of hydrogen-bond acceptors (Lipinski definition) is 4. The Kier molecular flexibility index (Phi) is 4.72. The lowest BCUT2D eigenvalue weighted by molar-refractivity contribution is -0.128. The maximum absolute atomic E-state index is 11.9. The van der Waals surface area contributed by atoms with Gasteiger partial charge >= 0.3 is 5.97 Å². The molecule has 0 aromatic heterocycles. The van der Waals surface area contributed by atoms with Crippen LogP contribution in [0.4, 0.5) is 5.69 Å². The van der Waals surface area contributed by atoms with Gasteiger partial charge in [0.2, 0.25) is 0 Å². The molecule has 0 aliphatic heterocycles. The quantitative estimate of drug-likeness (QED) is 0.656. The monoisotopic (exact) mass is 314 g/mol. The van der Waals surface area contributed by atoms with Crippen molar-refractivity contribution in [2.45, 2.75) is 20.0 Å². The summed E-state index contributed by atoms with van der Waals surface area (Å²) in [6, 6.07) is 3.32. The van der Waals surface area contributed by atoms with Crippen molar-refractivity contribution in [3.05, 3.63) is 27.7 Å². The number of halogens is 1. The van der Waals surface area contributed by atoms with E-state index < -0.39 is 12.1 Å². The second-order valence-corrected chi connectivity index (χ2v) is 4.75. The van der Waals surface area contributed by atoms with Gasteiger partial charge in [0.15, 0.2) is 6.10 Å². The van der Waals surface area contributed by atoms with Gasteiger partial charge in [-0.15, -0.1) is 0 Å². The van der Waals surface area contributed by atoms with Crippen LogP contribution in [0, 0.1) is 6.92 Å². The molecule has 1 aromatic rings. The Balaban J connectivity index is 2.95. The molecule has 0 saturated carbocycles. The molecule has 3 N–H and O–H groups in total. The predicted molar refractivity (Wildman–Crippen MR) is 72.2 cm³/mol. The van der Waals surface area contributed by atoms with Gasteiger partial charge in [-0.1, -0.05) is 15.9 Å². The van der Waals surface area contributed by atoms with Crippen LogP contribution in [0.5, 0.6) is 0 Å². The van der Waals surface area contributed by atoms with Gasteiger partial charge in [0.25, 0.3) is 5.91 Å². The molecule has 1 atom stereocenters. The van der Waals surface area contributed by atoms with Crippen molar-refractivity contribution < 1.29 is 14.3 Å². The van der Waals surface area contributed by atoms with Crippen molar-refractivity contribution in [1.29, 1.82) is 0 Å². The second-order valence-electron chi connectivity index (χ2n) is 3.83. The predicted octanol–water partition coefficient (Wildman–Crippen LogP) is 1.63. The zero-order chi connectivity index (χ0) is 13.9. The largest absolute Gasteiger partial charge is 0.449 e. The van der Waals surface area contributed by atoms with Crippen molar-refractivity contribution in [3.63, 3.8) is 0 Å². The Labute approximate surface area is 114 Å². The molecular weight excluding hydrogens is 300 g/mol. The number of esters is 1. The molecular formula is C12H15BrN2O3. The number of hydrogen-bond donors (Lipinski definition) is 2. The van der Waals surface area contributed by atoms with Gasteiger partial charge in [0.05, 0.1) is 5.56 Å². The van der Waals surface area contributed by atoms with Crippen LogP contribution in [0.3, 0.4) is 0 Å². The van der Waals surface area contributed by atoms with Crippen LogP contribution in [-0.2, 0) is 9.53 Å². The number of nitrogens with one attached hydrogen (secondary N) is 1. The SMILES string of the molecule is CNC(=O)C(C)OC(=O)c1cc(Br)cc(N)c1C. The van der Waals surface area contributed by atoms with E-state index in [1.54, 1.807) is 19.1 Å². The first-order valence-electron chi connectivity index (χ1n) is 5.35. The van der Waals surface area contributed by atoms with Gasteiger partial charge < -0.3 is 15.8 Å². The molecule has 0 aliphatic rings. The fourth-order valence-corrected chi connectivity index (χ4v) is 1.87. The molecule has 1 rings (SSSR count). The molecule has 0 aliphatic carbocycles. The van der Waals surface area contributed by atoms with E-state index >= 15 is 0 Å². The summed E-state index contributed by atoms with van der Waals surface area (Å²) in [7, 11) is 1.48. The average Bonchev–Trinajstić information content (AvgIpc) is 2.32. The number of anilines is 1. The molecule has 5 nitrogen and oxygen atoms in total. The van der Waals surface area contributed by atoms with Crippen molar-refractivity contribution in [2.75, 3.05) is 12.8 Å². The molecule has 0 spiro atoms. The Hall–Kier alpha value is -1.56. The summed E-state index contributed by atoms with van der Waals surface area (Å²) in [5.74, 6) is -0.930. The molecule has 6 heteroatoms. The van der Waals surface area contributed by atoms with Crippen molar-refractivity contribution in [1.82, 2.24) is 5.32 Å². The maximum Gasteiger partial charge on any atom is 0.339 e. The first-order chi connectivity index (χ1) is 8.36. The van der Waals surface area contributed by atoms with Gasteiger partial charge in [-0.25, -0.2) is 4.79 Å². The van der Waals surface area contributed by atoms with Crippen LogP contribution < -0.4 is 11.1 Å². The van der Waals surface area contributed by atoms with Gasteiger partial charge in [-0.05, 0) is 31.5 Å². The fourth-order valence-electron chi connectivity index (χ4n) is 1.39. The van der Waals surface area contributed by atoms with Crippen molar-refractivity contribution in [2.24, 2.45) is 0 Å². The molecule has 1 unspecified atom stereocenters. The van der Waals surface area contributed by atoms with E-state index in [0.29, 0.717) is 21.3 Å². The summed E-state index contributed by atoms with van der Waals surface area (Å²) in [5.41, 5.74) is 7.23. The highest BCUT2D eigenvalue weighted by Crippen LogP contribution is 2.23. The van der Waals surface area contributed by atoms with Gasteiger partial charge in [0, 0.05) is 17.2 Å². The van der Waals surface area contributed by atoms with E-state index in [2.05, 4.69) is 21.2 Å². The van der Waals surface area contributed by atoms with E-state index in [-0.39, 0.29) is 5.91 Å². The highest BCUT2D eigenvalue weighted by atomic mass is 79.9. The van der Waals surface area contributed by atoms with E-state index in [1.165, 1.54) is 14.0 Å². The lowest BCUT2D eigenvalue weighted by Gasteiger charge is -2.14. The maximum atomic E-state index is 11.9. The van der Waals surface area contributed by atoms with Crippen LogP contribution in [0.1, 0.15) is 22.8 Å². The Morgan fingerprint density at radius 2 is 2.06 bits per heavy atom. The Morgan fingerprint density at radius 1 is 1.44 bits per heavy atom. The van der Waals surface area contributed by atoms with Crippen LogP contribution in [0.2, 0.25) is 0 Å². The average molecular weight is 315 g/mol. The van der Waals surface area contributed by atoms with Crippen LogP contribution in [-0.4, -0.2) is 25.0 Å². The summed E-state index contributed by atoms with van der Waals surface area (Å²) < 4.78 is 5.74. The zero-order valence-electron chi connectivity index (χ0n) is 10.4. The van der Waals surface area contributed by atoms with Gasteiger partial charge in [0.1, 0.15) is 0 Å².